The summed E-state index contributed by atoms with van der Waals surface area (Å²) < 4.78 is 35.2. The van der Waals surface area contributed by atoms with E-state index < -0.39 is 21.8 Å². The van der Waals surface area contributed by atoms with Crippen molar-refractivity contribution in [1.82, 2.24) is 23.2 Å². The summed E-state index contributed by atoms with van der Waals surface area (Å²) in [5, 5.41) is 0.316. The molecule has 226 valence electrons. The Morgan fingerprint density at radius 3 is 2.30 bits per heavy atom. The van der Waals surface area contributed by atoms with Crippen LogP contribution in [0.4, 0.5) is 0 Å². The minimum absolute atomic E-state index is 0.0819. The molecule has 12 heteroatoms. The Morgan fingerprint density at radius 1 is 0.930 bits per heavy atom. The average molecular weight is 624 g/mol. The molecule has 2 aliphatic rings. The SMILES string of the molecule is COc1ccc(S(=O)(=O)n2c(=O)n(C(C(=O)N3CC[C@@H](N4CCN(C)CC4)C3)c3ccccc3)c3cc(Cl)ccc32)cc1. The first-order valence-electron chi connectivity index (χ1n) is 14.3. The molecule has 0 saturated carbocycles. The van der Waals surface area contributed by atoms with E-state index in [-0.39, 0.29) is 27.9 Å². The van der Waals surface area contributed by atoms with E-state index in [1.807, 2.05) is 6.07 Å². The second kappa shape index (κ2) is 11.8. The minimum atomic E-state index is -4.35. The number of halogens is 1. The quantitative estimate of drug-likeness (QED) is 0.312. The standard InChI is InChI=1S/C31H34ClN5O5S/c1-33-16-18-34(19-17-33)24-14-15-35(21-24)30(38)29(22-6-4-3-5-7-22)36-28-20-23(32)8-13-27(28)37(31(36)39)43(40,41)26-11-9-25(42-2)10-12-26/h3-13,20,24,29H,14-19,21H2,1-2H3/t24-,29?/m1/s1. The molecule has 6 rings (SSSR count). The molecule has 0 radical (unpaired) electrons. The van der Waals surface area contributed by atoms with Gasteiger partial charge in [-0.3, -0.25) is 14.3 Å². The second-order valence-corrected chi connectivity index (χ2v) is 13.3. The third kappa shape index (κ3) is 5.46. The van der Waals surface area contributed by atoms with Crippen molar-refractivity contribution in [2.45, 2.75) is 23.4 Å². The van der Waals surface area contributed by atoms with Crippen LogP contribution >= 0.6 is 11.6 Å². The molecule has 0 bridgehead atoms. The van der Waals surface area contributed by atoms with Gasteiger partial charge in [-0.15, -0.1) is 0 Å². The molecule has 3 aromatic carbocycles. The Morgan fingerprint density at radius 2 is 1.63 bits per heavy atom. The highest BCUT2D eigenvalue weighted by Crippen LogP contribution is 2.31. The summed E-state index contributed by atoms with van der Waals surface area (Å²) in [6, 6.07) is 18.6. The zero-order valence-electron chi connectivity index (χ0n) is 24.1. The zero-order chi connectivity index (χ0) is 30.3. The molecule has 4 aromatic rings. The van der Waals surface area contributed by atoms with Gasteiger partial charge in [-0.2, -0.15) is 3.97 Å². The number of aromatic nitrogens is 2. The van der Waals surface area contributed by atoms with Crippen LogP contribution in [0.3, 0.4) is 0 Å². The van der Waals surface area contributed by atoms with E-state index in [1.54, 1.807) is 35.2 Å². The van der Waals surface area contributed by atoms with Crippen LogP contribution in [0.25, 0.3) is 11.0 Å². The summed E-state index contributed by atoms with van der Waals surface area (Å²) in [5.74, 6) is 0.224. The molecule has 10 nitrogen and oxygen atoms in total. The molecule has 43 heavy (non-hydrogen) atoms. The molecule has 0 aliphatic carbocycles. The predicted octanol–water partition coefficient (Wildman–Crippen LogP) is 3.14. The van der Waals surface area contributed by atoms with Gasteiger partial charge >= 0.3 is 5.69 Å². The van der Waals surface area contributed by atoms with Gasteiger partial charge < -0.3 is 14.5 Å². The van der Waals surface area contributed by atoms with Crippen molar-refractivity contribution in [2.75, 3.05) is 53.4 Å². The fourth-order valence-corrected chi connectivity index (χ4v) is 7.70. The number of likely N-dealkylation sites (N-methyl/N-ethyl adjacent to an activating group) is 1. The zero-order valence-corrected chi connectivity index (χ0v) is 25.7. The number of likely N-dealkylation sites (tertiary alicyclic amines) is 1. The Balaban J connectivity index is 1.46. The van der Waals surface area contributed by atoms with Gasteiger partial charge in [-0.1, -0.05) is 41.9 Å². The number of hydrogen-bond acceptors (Lipinski definition) is 7. The van der Waals surface area contributed by atoms with Gasteiger partial charge in [0.25, 0.3) is 15.9 Å². The molecule has 1 unspecified atom stereocenters. The number of amides is 1. The van der Waals surface area contributed by atoms with Gasteiger partial charge in [-0.05, 0) is 61.5 Å². The van der Waals surface area contributed by atoms with E-state index in [0.29, 0.717) is 29.4 Å². The highest BCUT2D eigenvalue weighted by atomic mass is 35.5. The largest absolute Gasteiger partial charge is 0.497 e. The number of methoxy groups -OCH3 is 1. The summed E-state index contributed by atoms with van der Waals surface area (Å²) in [7, 11) is -0.754. The van der Waals surface area contributed by atoms with Crippen LogP contribution in [0.5, 0.6) is 5.75 Å². The highest BCUT2D eigenvalue weighted by molar-refractivity contribution is 7.90. The second-order valence-electron chi connectivity index (χ2n) is 11.1. The predicted molar refractivity (Wildman–Crippen MR) is 165 cm³/mol. The summed E-state index contributed by atoms with van der Waals surface area (Å²) in [6.07, 6.45) is 0.839. The molecule has 2 fully saturated rings. The van der Waals surface area contributed by atoms with E-state index in [2.05, 4.69) is 16.8 Å². The topological polar surface area (TPSA) is 97.1 Å². The van der Waals surface area contributed by atoms with Crippen LogP contribution < -0.4 is 10.4 Å². The lowest BCUT2D eigenvalue weighted by Gasteiger charge is -2.36. The Bertz CT molecular complexity index is 1800. The maximum absolute atomic E-state index is 14.4. The van der Waals surface area contributed by atoms with Crippen LogP contribution in [0.2, 0.25) is 5.02 Å². The maximum Gasteiger partial charge on any atom is 0.344 e. The molecule has 0 spiro atoms. The van der Waals surface area contributed by atoms with E-state index in [4.69, 9.17) is 16.3 Å². The van der Waals surface area contributed by atoms with Crippen LogP contribution in [0.15, 0.2) is 82.5 Å². The molecule has 2 aliphatic heterocycles. The van der Waals surface area contributed by atoms with Crippen molar-refractivity contribution in [3.63, 3.8) is 0 Å². The first-order chi connectivity index (χ1) is 20.7. The Labute approximate surface area is 255 Å². The van der Waals surface area contributed by atoms with Gasteiger partial charge in [-0.25, -0.2) is 13.2 Å². The molecule has 1 aromatic heterocycles. The molecule has 0 N–H and O–H groups in total. The van der Waals surface area contributed by atoms with Gasteiger partial charge in [0.15, 0.2) is 0 Å². The lowest BCUT2D eigenvalue weighted by atomic mass is 10.0. The molecule has 2 atom stereocenters. The number of fused-ring (bicyclic) bond motifs is 1. The number of carbonyl (C=O) groups is 1. The average Bonchev–Trinajstić information content (AvgIpc) is 3.62. The van der Waals surface area contributed by atoms with Gasteiger partial charge in [0.1, 0.15) is 11.8 Å². The first-order valence-corrected chi connectivity index (χ1v) is 16.1. The molecular weight excluding hydrogens is 590 g/mol. The molecular formula is C31H34ClN5O5S. The van der Waals surface area contributed by atoms with E-state index in [0.717, 1.165) is 36.6 Å². The number of imidazole rings is 1. The molecule has 3 heterocycles. The van der Waals surface area contributed by atoms with Crippen LogP contribution in [-0.2, 0) is 14.8 Å². The van der Waals surface area contributed by atoms with Crippen molar-refractivity contribution in [1.29, 1.82) is 0 Å². The lowest BCUT2D eigenvalue weighted by molar-refractivity contribution is -0.132. The van der Waals surface area contributed by atoms with Crippen LogP contribution in [0, 0.1) is 0 Å². The summed E-state index contributed by atoms with van der Waals surface area (Å²) in [6.45, 7) is 4.95. The highest BCUT2D eigenvalue weighted by Gasteiger charge is 2.38. The van der Waals surface area contributed by atoms with Crippen molar-refractivity contribution in [2.24, 2.45) is 0 Å². The van der Waals surface area contributed by atoms with E-state index >= 15 is 0 Å². The lowest BCUT2D eigenvalue weighted by Crippen LogP contribution is -2.50. The van der Waals surface area contributed by atoms with E-state index in [9.17, 15) is 18.0 Å². The fraction of sp³-hybridized carbons (Fsp3) is 0.355. The smallest absolute Gasteiger partial charge is 0.344 e. The third-order valence-electron chi connectivity index (χ3n) is 8.53. The monoisotopic (exact) mass is 623 g/mol. The molecule has 1 amide bonds. The maximum atomic E-state index is 14.4. The Hall–Kier alpha value is -3.64. The summed E-state index contributed by atoms with van der Waals surface area (Å²) in [5.41, 5.74) is 0.130. The number of hydrogen-bond donors (Lipinski definition) is 0. The first kappa shape index (κ1) is 29.4. The van der Waals surface area contributed by atoms with E-state index in [1.165, 1.54) is 48.1 Å². The van der Waals surface area contributed by atoms with Crippen molar-refractivity contribution in [3.8, 4) is 5.75 Å². The third-order valence-corrected chi connectivity index (χ3v) is 10.5. The van der Waals surface area contributed by atoms with Gasteiger partial charge in [0.05, 0.1) is 23.0 Å². The number of nitrogens with zero attached hydrogens (tertiary/aromatic N) is 5. The van der Waals surface area contributed by atoms with Crippen LogP contribution in [0.1, 0.15) is 18.0 Å². The minimum Gasteiger partial charge on any atom is -0.497 e. The fourth-order valence-electron chi connectivity index (χ4n) is 6.14. The summed E-state index contributed by atoms with van der Waals surface area (Å²) >= 11 is 6.40. The summed E-state index contributed by atoms with van der Waals surface area (Å²) in [4.78, 5) is 35.2. The normalized spacial score (nSPS) is 19.1. The van der Waals surface area contributed by atoms with Crippen molar-refractivity contribution < 1.29 is 17.9 Å². The van der Waals surface area contributed by atoms with Crippen molar-refractivity contribution >= 4 is 38.6 Å². The van der Waals surface area contributed by atoms with Crippen LogP contribution in [-0.4, -0.2) is 97.0 Å². The van der Waals surface area contributed by atoms with Gasteiger partial charge in [0, 0.05) is 50.3 Å². The Kier molecular flexibility index (Phi) is 8.08. The van der Waals surface area contributed by atoms with Gasteiger partial charge in [0.2, 0.25) is 0 Å². The number of benzene rings is 3. The molecule has 2 saturated heterocycles. The number of piperazine rings is 1. The van der Waals surface area contributed by atoms with Crippen molar-refractivity contribution in [3.05, 3.63) is 93.9 Å². The number of rotatable bonds is 7. The number of ether oxygens (including phenoxy) is 1. The number of carbonyl (C=O) groups excluding carboxylic acids is 1.